The zero-order chi connectivity index (χ0) is 36.6. The van der Waals surface area contributed by atoms with Gasteiger partial charge < -0.3 is 40.2 Å². The van der Waals surface area contributed by atoms with Gasteiger partial charge in [-0.25, -0.2) is 9.78 Å². The second-order valence-corrected chi connectivity index (χ2v) is 13.6. The topological polar surface area (TPSA) is 178 Å². The SMILES string of the molecule is COc1cc(NC(=O)CCN2CCC(OC(=O)Nc3scnc3-c3ccccc3)CC2)c(Cl)cc1CNCC(O)c1ccc(O)c2[nH]c(=O)ccc12. The number of H-pyrrole nitrogens is 1. The summed E-state index contributed by atoms with van der Waals surface area (Å²) in [5.74, 6) is 0.229. The third kappa shape index (κ3) is 9.08. The van der Waals surface area contributed by atoms with Gasteiger partial charge in [-0.05, 0) is 36.6 Å². The van der Waals surface area contributed by atoms with E-state index in [1.54, 1.807) is 29.8 Å². The highest BCUT2D eigenvalue weighted by Crippen LogP contribution is 2.33. The molecule has 0 saturated carbocycles. The van der Waals surface area contributed by atoms with Gasteiger partial charge in [0.15, 0.2) is 0 Å². The van der Waals surface area contributed by atoms with Crippen molar-refractivity contribution in [1.82, 2.24) is 20.2 Å². The lowest BCUT2D eigenvalue weighted by Crippen LogP contribution is -2.39. The number of aromatic nitrogens is 2. The van der Waals surface area contributed by atoms with Crippen molar-refractivity contribution in [2.75, 3.05) is 43.9 Å². The molecule has 5 aromatic rings. The molecule has 0 bridgehead atoms. The molecule has 2 amide bonds. The van der Waals surface area contributed by atoms with Gasteiger partial charge in [0.1, 0.15) is 28.3 Å². The van der Waals surface area contributed by atoms with Gasteiger partial charge in [0.25, 0.3) is 0 Å². The van der Waals surface area contributed by atoms with Crippen LogP contribution in [0.2, 0.25) is 5.02 Å². The number of likely N-dealkylation sites (tertiary alicyclic amines) is 1. The molecule has 3 heterocycles. The van der Waals surface area contributed by atoms with Crippen molar-refractivity contribution in [3.8, 4) is 22.8 Å². The summed E-state index contributed by atoms with van der Waals surface area (Å²) in [7, 11) is 1.52. The van der Waals surface area contributed by atoms with Gasteiger partial charge in [-0.1, -0.05) is 48.0 Å². The number of nitrogens with zero attached hydrogens (tertiary/aromatic N) is 2. The Morgan fingerprint density at radius 2 is 1.88 bits per heavy atom. The number of aromatic amines is 1. The van der Waals surface area contributed by atoms with Crippen molar-refractivity contribution < 1.29 is 29.3 Å². The number of anilines is 2. The van der Waals surface area contributed by atoms with E-state index in [9.17, 15) is 24.6 Å². The standard InChI is InChI=1S/C37H39ClN6O7S/c1-50-31-18-28(27(38)17-23(31)19-39-20-30(46)25-7-9-29(45)35-26(25)8-10-32(47)42-35)41-33(48)13-16-44-14-11-24(12-15-44)51-37(49)43-36-34(40-21-52-36)22-5-3-2-4-6-22/h2-10,17-18,21,24,30,39,45-46H,11-16,19-20H2,1H3,(H,41,48)(H,42,47)(H,43,49). The Labute approximate surface area is 308 Å². The summed E-state index contributed by atoms with van der Waals surface area (Å²) in [6.07, 6.45) is -0.0984. The molecule has 272 valence electrons. The number of nitrogens with one attached hydrogen (secondary N) is 4. The maximum atomic E-state index is 12.9. The number of methoxy groups -OCH3 is 1. The monoisotopic (exact) mass is 746 g/mol. The minimum Gasteiger partial charge on any atom is -0.506 e. The van der Waals surface area contributed by atoms with Gasteiger partial charge in [0.2, 0.25) is 11.5 Å². The average molecular weight is 747 g/mol. The molecular weight excluding hydrogens is 708 g/mol. The predicted molar refractivity (Wildman–Crippen MR) is 201 cm³/mol. The molecule has 52 heavy (non-hydrogen) atoms. The van der Waals surface area contributed by atoms with Crippen LogP contribution in [0, 0.1) is 0 Å². The molecule has 0 aliphatic carbocycles. The number of fused-ring (bicyclic) bond motifs is 1. The number of hydrogen-bond donors (Lipinski definition) is 6. The Balaban J connectivity index is 0.939. The molecule has 0 spiro atoms. The molecule has 1 unspecified atom stereocenters. The van der Waals surface area contributed by atoms with E-state index in [1.807, 2.05) is 30.3 Å². The second kappa shape index (κ2) is 17.0. The quantitative estimate of drug-likeness (QED) is 0.0852. The molecule has 1 aliphatic heterocycles. The number of piperidine rings is 1. The van der Waals surface area contributed by atoms with Gasteiger partial charge in [-0.15, -0.1) is 11.3 Å². The molecule has 3 aromatic carbocycles. The average Bonchev–Trinajstić information content (AvgIpc) is 3.60. The van der Waals surface area contributed by atoms with Crippen LogP contribution in [0.15, 0.2) is 77.0 Å². The number of amides is 2. The summed E-state index contributed by atoms with van der Waals surface area (Å²) in [4.78, 5) is 46.4. The summed E-state index contributed by atoms with van der Waals surface area (Å²) >= 11 is 7.91. The lowest BCUT2D eigenvalue weighted by atomic mass is 10.0. The normalized spacial score (nSPS) is 14.2. The number of ether oxygens (including phenoxy) is 2. The molecule has 1 atom stereocenters. The fourth-order valence-electron chi connectivity index (χ4n) is 6.15. The largest absolute Gasteiger partial charge is 0.506 e. The number of aliphatic hydroxyl groups is 1. The number of rotatable bonds is 13. The van der Waals surface area contributed by atoms with E-state index >= 15 is 0 Å². The first-order valence-electron chi connectivity index (χ1n) is 16.8. The van der Waals surface area contributed by atoms with E-state index in [4.69, 9.17) is 21.1 Å². The number of carbonyl (C=O) groups is 2. The number of aliphatic hydroxyl groups excluding tert-OH is 1. The van der Waals surface area contributed by atoms with Crippen LogP contribution >= 0.6 is 22.9 Å². The van der Waals surface area contributed by atoms with Gasteiger partial charge >= 0.3 is 6.09 Å². The van der Waals surface area contributed by atoms with Crippen LogP contribution in [0.5, 0.6) is 11.5 Å². The number of carbonyl (C=O) groups excluding carboxylic acids is 2. The highest BCUT2D eigenvalue weighted by molar-refractivity contribution is 7.14. The molecular formula is C37H39ClN6O7S. The number of halogens is 1. The fourth-order valence-corrected chi connectivity index (χ4v) is 7.08. The second-order valence-electron chi connectivity index (χ2n) is 12.3. The molecule has 13 nitrogen and oxygen atoms in total. The molecule has 1 fully saturated rings. The minimum absolute atomic E-state index is 0.0808. The Kier molecular flexibility index (Phi) is 12.0. The number of pyridine rings is 1. The van der Waals surface area contributed by atoms with Crippen molar-refractivity contribution in [1.29, 1.82) is 0 Å². The molecule has 2 aromatic heterocycles. The smallest absolute Gasteiger partial charge is 0.412 e. The third-order valence-corrected chi connectivity index (χ3v) is 9.91. The van der Waals surface area contributed by atoms with Crippen LogP contribution in [0.3, 0.4) is 0 Å². The first-order valence-corrected chi connectivity index (χ1v) is 18.0. The molecule has 1 aliphatic rings. The summed E-state index contributed by atoms with van der Waals surface area (Å²) < 4.78 is 11.3. The molecule has 15 heteroatoms. The van der Waals surface area contributed by atoms with Gasteiger partial charge in [-0.3, -0.25) is 14.9 Å². The Morgan fingerprint density at radius 1 is 1.10 bits per heavy atom. The number of thiazole rings is 1. The molecule has 0 radical (unpaired) electrons. The van der Waals surface area contributed by atoms with Gasteiger partial charge in [0, 0.05) is 67.8 Å². The number of benzene rings is 3. The van der Waals surface area contributed by atoms with Crippen LogP contribution < -0.4 is 26.2 Å². The van der Waals surface area contributed by atoms with Crippen LogP contribution in [0.4, 0.5) is 15.5 Å². The third-order valence-electron chi connectivity index (χ3n) is 8.86. The van der Waals surface area contributed by atoms with E-state index in [0.29, 0.717) is 77.1 Å². The van der Waals surface area contributed by atoms with Crippen LogP contribution in [0.1, 0.15) is 36.5 Å². The van der Waals surface area contributed by atoms with Gasteiger partial charge in [0.05, 0.1) is 35.0 Å². The van der Waals surface area contributed by atoms with E-state index in [0.717, 1.165) is 11.1 Å². The highest BCUT2D eigenvalue weighted by Gasteiger charge is 2.24. The Morgan fingerprint density at radius 3 is 2.65 bits per heavy atom. The predicted octanol–water partition coefficient (Wildman–Crippen LogP) is 5.88. The minimum atomic E-state index is -0.935. The van der Waals surface area contributed by atoms with Crippen molar-refractivity contribution >= 4 is 56.5 Å². The van der Waals surface area contributed by atoms with E-state index in [2.05, 4.69) is 30.8 Å². The summed E-state index contributed by atoms with van der Waals surface area (Å²) in [5, 5.41) is 31.4. The molecule has 1 saturated heterocycles. The van der Waals surface area contributed by atoms with E-state index in [1.165, 1.54) is 30.6 Å². The Hall–Kier alpha value is -4.99. The number of aromatic hydroxyl groups is 1. The molecule has 6 N–H and O–H groups in total. The molecule has 6 rings (SSSR count). The zero-order valence-electron chi connectivity index (χ0n) is 28.4. The number of phenolic OH excluding ortho intramolecular Hbond substituents is 1. The van der Waals surface area contributed by atoms with E-state index < -0.39 is 12.2 Å². The van der Waals surface area contributed by atoms with Crippen molar-refractivity contribution in [2.24, 2.45) is 0 Å². The summed E-state index contributed by atoms with van der Waals surface area (Å²) in [5.41, 5.74) is 4.91. The van der Waals surface area contributed by atoms with Gasteiger partial charge in [-0.2, -0.15) is 0 Å². The lowest BCUT2D eigenvalue weighted by molar-refractivity contribution is -0.116. The maximum absolute atomic E-state index is 12.9. The number of phenols is 1. The lowest BCUT2D eigenvalue weighted by Gasteiger charge is -2.31. The number of hydrogen-bond acceptors (Lipinski definition) is 11. The van der Waals surface area contributed by atoms with Crippen LogP contribution in [0.25, 0.3) is 22.2 Å². The van der Waals surface area contributed by atoms with Crippen molar-refractivity contribution in [2.45, 2.75) is 38.0 Å². The summed E-state index contributed by atoms with van der Waals surface area (Å²) in [6.45, 7) is 2.39. The first-order chi connectivity index (χ1) is 25.2. The maximum Gasteiger partial charge on any atom is 0.412 e. The van der Waals surface area contributed by atoms with E-state index in [-0.39, 0.29) is 41.8 Å². The zero-order valence-corrected chi connectivity index (χ0v) is 29.9. The fraction of sp³-hybridized carbons (Fsp3) is 0.297. The van der Waals surface area contributed by atoms with Crippen molar-refractivity contribution in [3.05, 3.63) is 98.7 Å². The Bertz CT molecular complexity index is 2080. The highest BCUT2D eigenvalue weighted by atomic mass is 35.5. The van der Waals surface area contributed by atoms with Crippen LogP contribution in [-0.4, -0.2) is 76.5 Å². The van der Waals surface area contributed by atoms with Crippen LogP contribution in [-0.2, 0) is 16.1 Å². The first kappa shape index (κ1) is 36.8. The summed E-state index contributed by atoms with van der Waals surface area (Å²) in [6, 6.07) is 19.0. The van der Waals surface area contributed by atoms with Crippen molar-refractivity contribution in [3.63, 3.8) is 0 Å².